The van der Waals surface area contributed by atoms with Gasteiger partial charge in [0.25, 0.3) is 0 Å². The van der Waals surface area contributed by atoms with Crippen molar-refractivity contribution >= 4 is 27.6 Å². The number of ether oxygens (including phenoxy) is 1. The molecule has 1 heterocycles. The minimum Gasteiger partial charge on any atom is -0.461 e. The number of carbonyl (C=O) groups excluding carboxylic acids is 1. The van der Waals surface area contributed by atoms with E-state index in [1.54, 1.807) is 19.1 Å². The van der Waals surface area contributed by atoms with Crippen molar-refractivity contribution in [1.82, 2.24) is 9.78 Å². The van der Waals surface area contributed by atoms with Gasteiger partial charge in [0.2, 0.25) is 0 Å². The molecule has 5 nitrogen and oxygen atoms in total. The van der Waals surface area contributed by atoms with Crippen molar-refractivity contribution < 1.29 is 13.9 Å². The summed E-state index contributed by atoms with van der Waals surface area (Å²) in [5.41, 5.74) is 6.41. The van der Waals surface area contributed by atoms with E-state index < -0.39 is 5.97 Å². The van der Waals surface area contributed by atoms with Gasteiger partial charge in [0, 0.05) is 16.2 Å². The van der Waals surface area contributed by atoms with Crippen molar-refractivity contribution in [3.05, 3.63) is 45.9 Å². The molecule has 2 aromatic rings. The SMILES string of the molecule is CCOC(=O)c1nn(Cc2ccc(Br)cc2F)cc1N. The van der Waals surface area contributed by atoms with Gasteiger partial charge in [0.05, 0.1) is 18.8 Å². The molecule has 0 unspecified atom stereocenters. The van der Waals surface area contributed by atoms with E-state index in [0.717, 1.165) is 0 Å². The van der Waals surface area contributed by atoms with Crippen molar-refractivity contribution in [2.45, 2.75) is 13.5 Å². The molecule has 2 rings (SSSR count). The van der Waals surface area contributed by atoms with Crippen LogP contribution in [-0.4, -0.2) is 22.4 Å². The number of hydrogen-bond acceptors (Lipinski definition) is 4. The number of nitrogens with two attached hydrogens (primary N) is 1. The van der Waals surface area contributed by atoms with E-state index in [-0.39, 0.29) is 30.4 Å². The molecule has 0 atom stereocenters. The van der Waals surface area contributed by atoms with Gasteiger partial charge in [-0.2, -0.15) is 5.10 Å². The van der Waals surface area contributed by atoms with Crippen molar-refractivity contribution in [1.29, 1.82) is 0 Å². The maximum absolute atomic E-state index is 13.7. The zero-order valence-electron chi connectivity index (χ0n) is 10.8. The van der Waals surface area contributed by atoms with Gasteiger partial charge in [-0.15, -0.1) is 0 Å². The summed E-state index contributed by atoms with van der Waals surface area (Å²) in [6, 6.07) is 4.74. The first-order valence-corrected chi connectivity index (χ1v) is 6.74. The zero-order valence-corrected chi connectivity index (χ0v) is 12.4. The second kappa shape index (κ2) is 6.04. The fourth-order valence-corrected chi connectivity index (χ4v) is 2.03. The minimum atomic E-state index is -0.583. The van der Waals surface area contributed by atoms with Crippen LogP contribution in [0.25, 0.3) is 0 Å². The van der Waals surface area contributed by atoms with Crippen LogP contribution in [0.3, 0.4) is 0 Å². The Morgan fingerprint density at radius 2 is 2.30 bits per heavy atom. The predicted octanol–water partition coefficient (Wildman–Crippen LogP) is 2.59. The Labute approximate surface area is 123 Å². The van der Waals surface area contributed by atoms with Crippen LogP contribution in [0.2, 0.25) is 0 Å². The van der Waals surface area contributed by atoms with Crippen LogP contribution >= 0.6 is 15.9 Å². The number of aromatic nitrogens is 2. The quantitative estimate of drug-likeness (QED) is 0.867. The Balaban J connectivity index is 2.22. The largest absolute Gasteiger partial charge is 0.461 e. The molecule has 1 aromatic heterocycles. The van der Waals surface area contributed by atoms with Gasteiger partial charge < -0.3 is 10.5 Å². The maximum Gasteiger partial charge on any atom is 0.361 e. The van der Waals surface area contributed by atoms with E-state index in [1.165, 1.54) is 16.9 Å². The average molecular weight is 342 g/mol. The number of halogens is 2. The number of esters is 1. The number of rotatable bonds is 4. The Morgan fingerprint density at radius 1 is 1.55 bits per heavy atom. The standard InChI is InChI=1S/C13H13BrFN3O2/c1-2-20-13(19)12-11(16)7-18(17-12)6-8-3-4-9(14)5-10(8)15/h3-5,7H,2,6,16H2,1H3. The lowest BCUT2D eigenvalue weighted by Gasteiger charge is -2.04. The van der Waals surface area contributed by atoms with Gasteiger partial charge in [0.15, 0.2) is 5.69 Å². The van der Waals surface area contributed by atoms with Crippen molar-refractivity contribution in [2.24, 2.45) is 0 Å². The number of hydrogen-bond donors (Lipinski definition) is 1. The first kappa shape index (κ1) is 14.5. The van der Waals surface area contributed by atoms with Crippen molar-refractivity contribution in [2.75, 3.05) is 12.3 Å². The van der Waals surface area contributed by atoms with E-state index in [0.29, 0.717) is 10.0 Å². The lowest BCUT2D eigenvalue weighted by atomic mass is 10.2. The highest BCUT2D eigenvalue weighted by Crippen LogP contribution is 2.17. The molecule has 0 aliphatic carbocycles. The summed E-state index contributed by atoms with van der Waals surface area (Å²) in [5.74, 6) is -0.939. The fourth-order valence-electron chi connectivity index (χ4n) is 1.70. The Hall–Kier alpha value is -1.89. The highest BCUT2D eigenvalue weighted by molar-refractivity contribution is 9.10. The monoisotopic (exact) mass is 341 g/mol. The summed E-state index contributed by atoms with van der Waals surface area (Å²) in [7, 11) is 0. The van der Waals surface area contributed by atoms with Gasteiger partial charge in [-0.1, -0.05) is 22.0 Å². The summed E-state index contributed by atoms with van der Waals surface area (Å²) in [6.07, 6.45) is 1.48. The van der Waals surface area contributed by atoms with Gasteiger partial charge >= 0.3 is 5.97 Å². The zero-order chi connectivity index (χ0) is 14.7. The first-order chi connectivity index (χ1) is 9.51. The highest BCUT2D eigenvalue weighted by atomic mass is 79.9. The Morgan fingerprint density at radius 3 is 2.95 bits per heavy atom. The predicted molar refractivity (Wildman–Crippen MR) is 75.8 cm³/mol. The second-order valence-electron chi connectivity index (χ2n) is 4.09. The summed E-state index contributed by atoms with van der Waals surface area (Å²) < 4.78 is 20.6. The van der Waals surface area contributed by atoms with Gasteiger partial charge in [-0.05, 0) is 19.1 Å². The number of nitrogens with zero attached hydrogens (tertiary/aromatic N) is 2. The molecule has 106 valence electrons. The third-order valence-corrected chi connectivity index (χ3v) is 3.10. The van der Waals surface area contributed by atoms with Gasteiger partial charge in [-0.25, -0.2) is 9.18 Å². The normalized spacial score (nSPS) is 10.6. The number of carbonyl (C=O) groups is 1. The molecule has 0 saturated carbocycles. The molecular formula is C13H13BrFN3O2. The molecule has 20 heavy (non-hydrogen) atoms. The lowest BCUT2D eigenvalue weighted by Crippen LogP contribution is -2.09. The molecule has 0 fully saturated rings. The van der Waals surface area contributed by atoms with Crippen LogP contribution in [0.15, 0.2) is 28.9 Å². The van der Waals surface area contributed by atoms with Crippen LogP contribution in [0.1, 0.15) is 23.0 Å². The van der Waals surface area contributed by atoms with E-state index in [2.05, 4.69) is 21.0 Å². The summed E-state index contributed by atoms with van der Waals surface area (Å²) >= 11 is 3.19. The molecular weight excluding hydrogens is 329 g/mol. The Bertz CT molecular complexity index is 643. The maximum atomic E-state index is 13.7. The van der Waals surface area contributed by atoms with Gasteiger partial charge in [-0.3, -0.25) is 4.68 Å². The van der Waals surface area contributed by atoms with Crippen LogP contribution < -0.4 is 5.73 Å². The molecule has 2 N–H and O–H groups in total. The van der Waals surface area contributed by atoms with Crippen molar-refractivity contribution in [3.63, 3.8) is 0 Å². The van der Waals surface area contributed by atoms with Crippen LogP contribution in [0, 0.1) is 5.82 Å². The lowest BCUT2D eigenvalue weighted by molar-refractivity contribution is 0.0519. The van der Waals surface area contributed by atoms with Gasteiger partial charge in [0.1, 0.15) is 5.82 Å². The topological polar surface area (TPSA) is 70.1 Å². The highest BCUT2D eigenvalue weighted by Gasteiger charge is 2.16. The molecule has 0 amide bonds. The molecule has 0 aliphatic rings. The summed E-state index contributed by atoms with van der Waals surface area (Å²) in [4.78, 5) is 11.6. The third-order valence-electron chi connectivity index (χ3n) is 2.61. The first-order valence-electron chi connectivity index (χ1n) is 5.95. The van der Waals surface area contributed by atoms with Crippen LogP contribution in [-0.2, 0) is 11.3 Å². The number of anilines is 1. The molecule has 0 aliphatic heterocycles. The fraction of sp³-hybridized carbons (Fsp3) is 0.231. The van der Waals surface area contributed by atoms with E-state index in [9.17, 15) is 9.18 Å². The molecule has 0 radical (unpaired) electrons. The van der Waals surface area contributed by atoms with Crippen molar-refractivity contribution in [3.8, 4) is 0 Å². The summed E-state index contributed by atoms with van der Waals surface area (Å²) in [6.45, 7) is 2.12. The average Bonchev–Trinajstić information content (AvgIpc) is 2.74. The number of benzene rings is 1. The molecule has 0 saturated heterocycles. The van der Waals surface area contributed by atoms with Crippen LogP contribution in [0.4, 0.5) is 10.1 Å². The molecule has 7 heteroatoms. The van der Waals surface area contributed by atoms with E-state index in [1.807, 2.05) is 0 Å². The second-order valence-corrected chi connectivity index (χ2v) is 5.00. The molecule has 0 spiro atoms. The third kappa shape index (κ3) is 3.16. The van der Waals surface area contributed by atoms with E-state index >= 15 is 0 Å². The Kier molecular flexibility index (Phi) is 4.39. The smallest absolute Gasteiger partial charge is 0.361 e. The molecule has 1 aromatic carbocycles. The molecule has 0 bridgehead atoms. The summed E-state index contributed by atoms with van der Waals surface area (Å²) in [5, 5.41) is 4.03. The number of nitrogen functional groups attached to an aromatic ring is 1. The minimum absolute atomic E-state index is 0.0457. The van der Waals surface area contributed by atoms with E-state index in [4.69, 9.17) is 10.5 Å². The van der Waals surface area contributed by atoms with Crippen LogP contribution in [0.5, 0.6) is 0 Å².